The molecule has 0 aliphatic rings. The van der Waals surface area contributed by atoms with Gasteiger partial charge in [-0.2, -0.15) is 0 Å². The molecule has 98 valence electrons. The Labute approximate surface area is 109 Å². The van der Waals surface area contributed by atoms with Crippen LogP contribution in [-0.2, 0) is 4.79 Å². The highest BCUT2D eigenvalue weighted by atomic mass is 35.5. The molecule has 1 rings (SSSR count). The minimum absolute atomic E-state index is 0.104. The van der Waals surface area contributed by atoms with Crippen LogP contribution >= 0.6 is 11.6 Å². The largest absolute Gasteiger partial charge is 0.297 e. The predicted molar refractivity (Wildman–Crippen MR) is 69.3 cm³/mol. The van der Waals surface area contributed by atoms with Gasteiger partial charge in [-0.15, -0.1) is 0 Å². The third-order valence-corrected chi connectivity index (χ3v) is 2.47. The summed E-state index contributed by atoms with van der Waals surface area (Å²) in [7, 11) is 0. The smallest absolute Gasteiger partial charge is 0.271 e. The first-order valence-corrected chi connectivity index (χ1v) is 5.60. The summed E-state index contributed by atoms with van der Waals surface area (Å²) in [6, 6.07) is 3.95. The molecule has 0 aliphatic carbocycles. The zero-order valence-corrected chi connectivity index (χ0v) is 11.0. The number of nitrogens with zero attached hydrogens (tertiary/aromatic N) is 1. The number of nitro benzene ring substituents is 1. The zero-order valence-electron chi connectivity index (χ0n) is 10.3. The number of anilines is 1. The van der Waals surface area contributed by atoms with E-state index < -0.39 is 10.3 Å². The van der Waals surface area contributed by atoms with E-state index in [9.17, 15) is 14.9 Å². The van der Waals surface area contributed by atoms with Crippen molar-refractivity contribution >= 4 is 28.9 Å². The normalized spacial score (nSPS) is 10.9. The summed E-state index contributed by atoms with van der Waals surface area (Å²) in [5.41, 5.74) is 4.87. The third kappa shape index (κ3) is 3.59. The van der Waals surface area contributed by atoms with Crippen molar-refractivity contribution in [1.82, 2.24) is 5.43 Å². The summed E-state index contributed by atoms with van der Waals surface area (Å²) in [6.45, 7) is 5.30. The molecule has 0 aromatic heterocycles. The fraction of sp³-hybridized carbons (Fsp3) is 0.364. The van der Waals surface area contributed by atoms with E-state index in [4.69, 9.17) is 11.6 Å². The molecule has 6 nitrogen and oxygen atoms in total. The molecule has 0 unspecified atom stereocenters. The van der Waals surface area contributed by atoms with Crippen molar-refractivity contribution in [2.75, 3.05) is 5.43 Å². The standard InChI is InChI=1S/C11H14ClN3O3/c1-11(2,3)10(16)14-13-9-5-4-7(15(17)18)6-8(9)12/h4-6,13H,1-3H3,(H,14,16). The van der Waals surface area contributed by atoms with Crippen molar-refractivity contribution in [2.24, 2.45) is 5.41 Å². The van der Waals surface area contributed by atoms with Crippen LogP contribution in [0.25, 0.3) is 0 Å². The van der Waals surface area contributed by atoms with E-state index in [1.165, 1.54) is 18.2 Å². The summed E-state index contributed by atoms with van der Waals surface area (Å²) in [5, 5.41) is 10.7. The Morgan fingerprint density at radius 1 is 1.39 bits per heavy atom. The van der Waals surface area contributed by atoms with Crippen molar-refractivity contribution in [1.29, 1.82) is 0 Å². The van der Waals surface area contributed by atoms with E-state index >= 15 is 0 Å². The van der Waals surface area contributed by atoms with Crippen molar-refractivity contribution in [3.8, 4) is 0 Å². The van der Waals surface area contributed by atoms with Gasteiger partial charge < -0.3 is 0 Å². The second-order valence-electron chi connectivity index (χ2n) is 4.75. The molecule has 1 aromatic carbocycles. The first-order valence-electron chi connectivity index (χ1n) is 5.22. The molecule has 0 aliphatic heterocycles. The second kappa shape index (κ2) is 5.22. The summed E-state index contributed by atoms with van der Waals surface area (Å²) < 4.78 is 0. The Balaban J connectivity index is 2.75. The van der Waals surface area contributed by atoms with E-state index in [0.717, 1.165) is 0 Å². The van der Waals surface area contributed by atoms with Gasteiger partial charge in [-0.3, -0.25) is 25.8 Å². The zero-order chi connectivity index (χ0) is 13.9. The van der Waals surface area contributed by atoms with Gasteiger partial charge in [-0.1, -0.05) is 32.4 Å². The monoisotopic (exact) mass is 271 g/mol. The Morgan fingerprint density at radius 3 is 2.44 bits per heavy atom. The van der Waals surface area contributed by atoms with Gasteiger partial charge in [0.25, 0.3) is 5.69 Å². The average molecular weight is 272 g/mol. The van der Waals surface area contributed by atoms with Gasteiger partial charge in [0.15, 0.2) is 0 Å². The van der Waals surface area contributed by atoms with Crippen molar-refractivity contribution in [2.45, 2.75) is 20.8 Å². The van der Waals surface area contributed by atoms with Crippen LogP contribution in [0.5, 0.6) is 0 Å². The lowest BCUT2D eigenvalue weighted by Gasteiger charge is -2.18. The fourth-order valence-electron chi connectivity index (χ4n) is 1.03. The van der Waals surface area contributed by atoms with Gasteiger partial charge in [0.1, 0.15) is 0 Å². The van der Waals surface area contributed by atoms with Gasteiger partial charge in [-0.25, -0.2) is 0 Å². The molecule has 0 fully saturated rings. The molecule has 0 saturated carbocycles. The topological polar surface area (TPSA) is 84.3 Å². The summed E-state index contributed by atoms with van der Waals surface area (Å²) in [5.74, 6) is -0.211. The number of non-ortho nitro benzene ring substituents is 1. The first-order chi connectivity index (χ1) is 8.21. The number of benzene rings is 1. The van der Waals surface area contributed by atoms with E-state index in [2.05, 4.69) is 10.9 Å². The molecule has 0 saturated heterocycles. The Morgan fingerprint density at radius 2 is 2.00 bits per heavy atom. The highest BCUT2D eigenvalue weighted by Gasteiger charge is 2.21. The number of hydrogen-bond acceptors (Lipinski definition) is 4. The van der Waals surface area contributed by atoms with Crippen LogP contribution in [0.1, 0.15) is 20.8 Å². The lowest BCUT2D eigenvalue weighted by molar-refractivity contribution is -0.384. The van der Waals surface area contributed by atoms with Crippen LogP contribution in [0.15, 0.2) is 18.2 Å². The van der Waals surface area contributed by atoms with Crippen LogP contribution in [0, 0.1) is 15.5 Å². The van der Waals surface area contributed by atoms with Crippen molar-refractivity contribution in [3.63, 3.8) is 0 Å². The molecule has 1 aromatic rings. The van der Waals surface area contributed by atoms with E-state index in [-0.39, 0.29) is 16.6 Å². The third-order valence-electron chi connectivity index (χ3n) is 2.16. The van der Waals surface area contributed by atoms with Gasteiger partial charge >= 0.3 is 0 Å². The highest BCUT2D eigenvalue weighted by molar-refractivity contribution is 6.33. The molecular formula is C11H14ClN3O3. The average Bonchev–Trinajstić information content (AvgIpc) is 2.25. The minimum atomic E-state index is -0.541. The number of hydrogen-bond donors (Lipinski definition) is 2. The maximum atomic E-state index is 11.6. The fourth-order valence-corrected chi connectivity index (χ4v) is 1.25. The molecule has 0 bridgehead atoms. The first kappa shape index (κ1) is 14.2. The van der Waals surface area contributed by atoms with Gasteiger partial charge in [0.2, 0.25) is 5.91 Å². The lowest BCUT2D eigenvalue weighted by Crippen LogP contribution is -2.38. The molecule has 18 heavy (non-hydrogen) atoms. The van der Waals surface area contributed by atoms with Crippen LogP contribution < -0.4 is 10.9 Å². The molecule has 0 heterocycles. The molecule has 0 radical (unpaired) electrons. The summed E-state index contributed by atoms with van der Waals surface area (Å²) in [4.78, 5) is 21.6. The van der Waals surface area contributed by atoms with Crippen LogP contribution in [0.2, 0.25) is 5.02 Å². The van der Waals surface area contributed by atoms with E-state index in [0.29, 0.717) is 5.69 Å². The number of halogens is 1. The van der Waals surface area contributed by atoms with Gasteiger partial charge in [0.05, 0.1) is 15.6 Å². The number of nitrogens with one attached hydrogen (secondary N) is 2. The Bertz CT molecular complexity index is 483. The highest BCUT2D eigenvalue weighted by Crippen LogP contribution is 2.26. The Kier molecular flexibility index (Phi) is 4.13. The lowest BCUT2D eigenvalue weighted by atomic mass is 9.96. The van der Waals surface area contributed by atoms with Crippen LogP contribution in [0.4, 0.5) is 11.4 Å². The molecule has 1 amide bonds. The quantitative estimate of drug-likeness (QED) is 0.654. The predicted octanol–water partition coefficient (Wildman–Crippen LogP) is 2.74. The summed E-state index contributed by atoms with van der Waals surface area (Å²) >= 11 is 5.85. The van der Waals surface area contributed by atoms with Gasteiger partial charge in [-0.05, 0) is 6.07 Å². The maximum Gasteiger partial charge on any atom is 0.271 e. The van der Waals surface area contributed by atoms with Crippen molar-refractivity contribution in [3.05, 3.63) is 33.3 Å². The second-order valence-corrected chi connectivity index (χ2v) is 5.16. The number of carbonyl (C=O) groups is 1. The summed E-state index contributed by atoms with van der Waals surface area (Å²) in [6.07, 6.45) is 0. The van der Waals surface area contributed by atoms with E-state index in [1.807, 2.05) is 0 Å². The number of nitro groups is 1. The SMILES string of the molecule is CC(C)(C)C(=O)NNc1ccc([N+](=O)[O-])cc1Cl. The maximum absolute atomic E-state index is 11.6. The number of rotatable bonds is 3. The molecule has 0 spiro atoms. The van der Waals surface area contributed by atoms with E-state index in [1.54, 1.807) is 20.8 Å². The van der Waals surface area contributed by atoms with Crippen LogP contribution in [-0.4, -0.2) is 10.8 Å². The molecule has 2 N–H and O–H groups in total. The molecule has 0 atom stereocenters. The Hall–Kier alpha value is -1.82. The number of carbonyl (C=O) groups excluding carboxylic acids is 1. The molecule has 7 heteroatoms. The number of hydrazine groups is 1. The minimum Gasteiger partial charge on any atom is -0.297 e. The molecular weight excluding hydrogens is 258 g/mol. The van der Waals surface area contributed by atoms with Crippen LogP contribution in [0.3, 0.4) is 0 Å². The number of amides is 1. The van der Waals surface area contributed by atoms with Gasteiger partial charge in [0, 0.05) is 17.5 Å². The van der Waals surface area contributed by atoms with Crippen molar-refractivity contribution < 1.29 is 9.72 Å².